The van der Waals surface area contributed by atoms with E-state index in [2.05, 4.69) is 4.99 Å². The van der Waals surface area contributed by atoms with Crippen LogP contribution in [0.15, 0.2) is 23.2 Å². The third-order valence-corrected chi connectivity index (χ3v) is 5.72. The number of thiazole rings is 1. The van der Waals surface area contributed by atoms with Gasteiger partial charge in [-0.25, -0.2) is 4.99 Å². The van der Waals surface area contributed by atoms with Crippen LogP contribution >= 0.6 is 23.6 Å². The molecule has 0 bridgehead atoms. The number of carbonyl (C=O) groups excluding carboxylic acids is 1. The molecule has 1 amide bonds. The second-order valence-electron chi connectivity index (χ2n) is 6.13. The maximum absolute atomic E-state index is 12.4. The van der Waals surface area contributed by atoms with Crippen molar-refractivity contribution in [2.45, 2.75) is 32.2 Å². The molecule has 3 rings (SSSR count). The van der Waals surface area contributed by atoms with Crippen LogP contribution in [0.1, 0.15) is 30.6 Å². The number of unbranched alkanes of at least 4 members (excludes halogenated alkanes) is 2. The lowest BCUT2D eigenvalue weighted by Gasteiger charge is -2.05. The Morgan fingerprint density at radius 3 is 2.75 bits per heavy atom. The second-order valence-corrected chi connectivity index (χ2v) is 7.77. The fourth-order valence-electron chi connectivity index (χ4n) is 2.92. The molecular formula is C17H15N3O6S2. The van der Waals surface area contributed by atoms with Gasteiger partial charge in [0.05, 0.1) is 15.9 Å². The highest BCUT2D eigenvalue weighted by Gasteiger charge is 2.26. The molecule has 1 aromatic carbocycles. The minimum atomic E-state index is -0.857. The first kappa shape index (κ1) is 19.8. The van der Waals surface area contributed by atoms with E-state index in [1.165, 1.54) is 22.8 Å². The molecule has 9 nitrogen and oxygen atoms in total. The zero-order chi connectivity index (χ0) is 20.4. The van der Waals surface area contributed by atoms with Crippen molar-refractivity contribution in [2.75, 3.05) is 0 Å². The Labute approximate surface area is 167 Å². The maximum atomic E-state index is 12.4. The molecule has 0 unspecified atom stereocenters. The van der Waals surface area contributed by atoms with E-state index in [1.807, 2.05) is 0 Å². The Morgan fingerprint density at radius 1 is 1.32 bits per heavy atom. The quantitative estimate of drug-likeness (QED) is 0.288. The molecular weight excluding hydrogens is 406 g/mol. The van der Waals surface area contributed by atoms with Gasteiger partial charge in [-0.1, -0.05) is 6.42 Å². The van der Waals surface area contributed by atoms with Gasteiger partial charge < -0.3 is 10.2 Å². The van der Waals surface area contributed by atoms with Crippen LogP contribution in [0.2, 0.25) is 0 Å². The minimum absolute atomic E-state index is 0.0791. The standard InChI is InChI=1S/C17H15N3O6S2/c21-12(22)4-2-1-3-7-19-16(24)14(28-17(19)27)13-10-8-9(20(25)26)5-6-11(10)18-15(13)23/h5-6,8,24H,1-4,7H2,(H,21,22). The molecule has 0 radical (unpaired) electrons. The van der Waals surface area contributed by atoms with Crippen LogP contribution in [0.4, 0.5) is 5.69 Å². The highest BCUT2D eigenvalue weighted by atomic mass is 32.1. The molecule has 0 saturated carbocycles. The van der Waals surface area contributed by atoms with Gasteiger partial charge in [0.2, 0.25) is 5.88 Å². The summed E-state index contributed by atoms with van der Waals surface area (Å²) < 4.78 is 1.83. The molecule has 28 heavy (non-hydrogen) atoms. The van der Waals surface area contributed by atoms with Crippen LogP contribution in [0.25, 0.3) is 5.57 Å². The average Bonchev–Trinajstić information content (AvgIpc) is 3.09. The van der Waals surface area contributed by atoms with Crippen molar-refractivity contribution in [3.05, 3.63) is 47.7 Å². The number of carboxylic acid groups (broad SMARTS) is 1. The fourth-order valence-corrected chi connectivity index (χ4v) is 4.31. The number of benzene rings is 1. The highest BCUT2D eigenvalue weighted by Crippen LogP contribution is 2.33. The number of aromatic hydroxyl groups is 1. The summed E-state index contributed by atoms with van der Waals surface area (Å²) in [7, 11) is 0. The Balaban J connectivity index is 1.95. The SMILES string of the molecule is O=C(O)CCCCCn1c(O)c(C2=c3cc([N+](=O)[O-])ccc3=NC2=O)sc1=S. The number of nitro benzene ring substituents is 1. The van der Waals surface area contributed by atoms with Crippen LogP contribution in [-0.2, 0) is 16.1 Å². The monoisotopic (exact) mass is 421 g/mol. The van der Waals surface area contributed by atoms with Crippen molar-refractivity contribution in [1.82, 2.24) is 4.57 Å². The smallest absolute Gasteiger partial charge is 0.303 e. The summed E-state index contributed by atoms with van der Waals surface area (Å²) in [5.74, 6) is -1.63. The van der Waals surface area contributed by atoms with Crippen LogP contribution in [0.5, 0.6) is 5.88 Å². The van der Waals surface area contributed by atoms with E-state index < -0.39 is 16.8 Å². The molecule has 0 atom stereocenters. The molecule has 0 saturated heterocycles. The Bertz CT molecular complexity index is 1160. The molecule has 1 aromatic heterocycles. The van der Waals surface area contributed by atoms with Gasteiger partial charge in [-0.15, -0.1) is 11.3 Å². The number of carboxylic acids is 1. The summed E-state index contributed by atoms with van der Waals surface area (Å²) in [5, 5.41) is 30.9. The summed E-state index contributed by atoms with van der Waals surface area (Å²) >= 11 is 6.32. The summed E-state index contributed by atoms with van der Waals surface area (Å²) in [6.45, 7) is 0.376. The first-order valence-corrected chi connectivity index (χ1v) is 9.58. The number of hydrogen-bond donors (Lipinski definition) is 2. The number of amides is 1. The first-order chi connectivity index (χ1) is 13.3. The van der Waals surface area contributed by atoms with E-state index in [4.69, 9.17) is 17.3 Å². The number of aromatic nitrogens is 1. The molecule has 2 N–H and O–H groups in total. The summed E-state index contributed by atoms with van der Waals surface area (Å²) in [6, 6.07) is 3.92. The van der Waals surface area contributed by atoms with Crippen LogP contribution in [-0.4, -0.2) is 31.6 Å². The van der Waals surface area contributed by atoms with E-state index >= 15 is 0 Å². The number of carbonyl (C=O) groups is 2. The van der Waals surface area contributed by atoms with Crippen LogP contribution in [0, 0.1) is 14.1 Å². The molecule has 1 aliphatic heterocycles. The van der Waals surface area contributed by atoms with Crippen molar-refractivity contribution in [3.8, 4) is 5.88 Å². The van der Waals surface area contributed by atoms with E-state index in [-0.39, 0.29) is 28.4 Å². The third kappa shape index (κ3) is 3.85. The largest absolute Gasteiger partial charge is 0.493 e. The fraction of sp³-hybridized carbons (Fsp3) is 0.294. The number of nitro groups is 1. The number of non-ortho nitro benzene ring substituents is 1. The van der Waals surface area contributed by atoms with E-state index in [9.17, 15) is 24.8 Å². The van der Waals surface area contributed by atoms with Crippen molar-refractivity contribution >= 4 is 46.7 Å². The highest BCUT2D eigenvalue weighted by molar-refractivity contribution is 7.73. The number of nitrogens with zero attached hydrogens (tertiary/aromatic N) is 3. The van der Waals surface area contributed by atoms with Gasteiger partial charge in [0, 0.05) is 30.3 Å². The zero-order valence-electron chi connectivity index (χ0n) is 14.5. The van der Waals surface area contributed by atoms with Gasteiger partial charge in [-0.2, -0.15) is 0 Å². The van der Waals surface area contributed by atoms with Gasteiger partial charge in [0.25, 0.3) is 11.6 Å². The molecule has 1 aliphatic rings. The molecule has 146 valence electrons. The molecule has 2 heterocycles. The average molecular weight is 421 g/mol. The van der Waals surface area contributed by atoms with Crippen LogP contribution in [0.3, 0.4) is 0 Å². The van der Waals surface area contributed by atoms with Crippen molar-refractivity contribution in [2.24, 2.45) is 4.99 Å². The zero-order valence-corrected chi connectivity index (χ0v) is 16.1. The van der Waals surface area contributed by atoms with Gasteiger partial charge in [0.15, 0.2) is 3.95 Å². The van der Waals surface area contributed by atoms with Crippen molar-refractivity contribution < 1.29 is 24.7 Å². The van der Waals surface area contributed by atoms with Crippen molar-refractivity contribution in [3.63, 3.8) is 0 Å². The topological polar surface area (TPSA) is 135 Å². The van der Waals surface area contributed by atoms with Crippen molar-refractivity contribution in [1.29, 1.82) is 0 Å². The Morgan fingerprint density at radius 2 is 2.07 bits per heavy atom. The lowest BCUT2D eigenvalue weighted by Crippen LogP contribution is -2.23. The first-order valence-electron chi connectivity index (χ1n) is 8.36. The van der Waals surface area contributed by atoms with E-state index in [0.717, 1.165) is 11.3 Å². The summed E-state index contributed by atoms with van der Waals surface area (Å²) in [6.07, 6.45) is 1.86. The van der Waals surface area contributed by atoms with E-state index in [0.29, 0.717) is 40.3 Å². The number of fused-ring (bicyclic) bond motifs is 1. The lowest BCUT2D eigenvalue weighted by molar-refractivity contribution is -0.385. The Kier molecular flexibility index (Phi) is 5.66. The second kappa shape index (κ2) is 7.98. The number of aliphatic carboxylic acids is 1. The molecule has 11 heteroatoms. The number of hydrogen-bond acceptors (Lipinski definition) is 7. The van der Waals surface area contributed by atoms with Gasteiger partial charge in [-0.05, 0) is 31.1 Å². The lowest BCUT2D eigenvalue weighted by atomic mass is 10.1. The van der Waals surface area contributed by atoms with Gasteiger partial charge in [0.1, 0.15) is 4.88 Å². The normalized spacial score (nSPS) is 12.7. The van der Waals surface area contributed by atoms with E-state index in [1.54, 1.807) is 0 Å². The van der Waals surface area contributed by atoms with Crippen LogP contribution < -0.4 is 10.6 Å². The molecule has 2 aromatic rings. The molecule has 0 fully saturated rings. The summed E-state index contributed by atoms with van der Waals surface area (Å²) in [4.78, 5) is 37.5. The minimum Gasteiger partial charge on any atom is -0.493 e. The third-order valence-electron chi connectivity index (χ3n) is 4.26. The molecule has 0 spiro atoms. The maximum Gasteiger partial charge on any atom is 0.303 e. The number of rotatable bonds is 8. The predicted octanol–water partition coefficient (Wildman–Crippen LogP) is 1.90. The molecule has 0 aliphatic carbocycles. The summed E-state index contributed by atoms with van der Waals surface area (Å²) in [5.41, 5.74) is -0.0842. The van der Waals surface area contributed by atoms with Gasteiger partial charge >= 0.3 is 5.97 Å². The Hall–Kier alpha value is -2.92. The van der Waals surface area contributed by atoms with Gasteiger partial charge in [-0.3, -0.25) is 24.3 Å². The predicted molar refractivity (Wildman–Crippen MR) is 102 cm³/mol.